The second kappa shape index (κ2) is 8.87. The highest BCUT2D eigenvalue weighted by atomic mass is 19.4. The fourth-order valence-electron chi connectivity index (χ4n) is 3.80. The minimum atomic E-state index is -4.54. The highest BCUT2D eigenvalue weighted by Crippen LogP contribution is 2.39. The summed E-state index contributed by atoms with van der Waals surface area (Å²) in [6.45, 7) is 1.71. The molecule has 0 saturated heterocycles. The van der Waals surface area contributed by atoms with Gasteiger partial charge in [0, 0.05) is 17.4 Å². The van der Waals surface area contributed by atoms with Crippen molar-refractivity contribution >= 4 is 0 Å². The van der Waals surface area contributed by atoms with Crippen molar-refractivity contribution in [1.29, 1.82) is 0 Å². The summed E-state index contributed by atoms with van der Waals surface area (Å²) >= 11 is 0. The summed E-state index contributed by atoms with van der Waals surface area (Å²) in [5, 5.41) is 10.0. The van der Waals surface area contributed by atoms with E-state index in [0.717, 1.165) is 17.2 Å². The van der Waals surface area contributed by atoms with Crippen LogP contribution in [0.4, 0.5) is 13.2 Å². The van der Waals surface area contributed by atoms with Gasteiger partial charge in [0.2, 0.25) is 6.79 Å². The van der Waals surface area contributed by atoms with Crippen molar-refractivity contribution < 1.29 is 27.8 Å². The number of halogens is 3. The van der Waals surface area contributed by atoms with Crippen LogP contribution < -0.4 is 9.47 Å². The van der Waals surface area contributed by atoms with E-state index in [9.17, 15) is 18.3 Å². The molecule has 176 valence electrons. The van der Waals surface area contributed by atoms with Gasteiger partial charge < -0.3 is 14.6 Å². The number of aliphatic hydroxyl groups is 1. The quantitative estimate of drug-likeness (QED) is 0.365. The van der Waals surface area contributed by atoms with E-state index in [4.69, 9.17) is 9.47 Å². The first-order chi connectivity index (χ1) is 15.8. The molecule has 5 nitrogen and oxygen atoms in total. The summed E-state index contributed by atoms with van der Waals surface area (Å²) in [7, 11) is 0. The van der Waals surface area contributed by atoms with Gasteiger partial charge in [-0.25, -0.2) is 4.98 Å². The van der Waals surface area contributed by atoms with Crippen molar-refractivity contribution in [1.82, 2.24) is 9.55 Å². The van der Waals surface area contributed by atoms with Gasteiger partial charge in [-0.2, -0.15) is 13.2 Å². The maximum absolute atomic E-state index is 13.7. The third-order valence-electron chi connectivity index (χ3n) is 5.48. The second-order valence-corrected chi connectivity index (χ2v) is 7.69. The van der Waals surface area contributed by atoms with E-state index in [1.165, 1.54) is 25.1 Å². The summed E-state index contributed by atoms with van der Waals surface area (Å²) in [6.07, 6.45) is -3.92. The van der Waals surface area contributed by atoms with Crippen LogP contribution in [0, 0.1) is 0 Å². The molecule has 0 bridgehead atoms. The molecule has 34 heavy (non-hydrogen) atoms. The molecule has 0 fully saturated rings. The largest absolute Gasteiger partial charge is 0.454 e. The summed E-state index contributed by atoms with van der Waals surface area (Å²) in [4.78, 5) is 4.33. The lowest BCUT2D eigenvalue weighted by molar-refractivity contribution is -0.137. The standard InChI is InChI=1S/C25H19F3N2O3.CH4/c1-15(31)21-13-30(24(29-21)19-4-2-3-5-20(19)25(26,27)28)18-9-6-16(7-10-18)17-8-11-22-23(12-17)33-14-32-22;/h2-13,15,31H,14H2,1H3;1H4. The minimum Gasteiger partial charge on any atom is -0.454 e. The number of hydrogen-bond donors (Lipinski definition) is 1. The Morgan fingerprint density at radius 1 is 0.941 bits per heavy atom. The first kappa shape index (κ1) is 23.4. The van der Waals surface area contributed by atoms with Gasteiger partial charge in [-0.1, -0.05) is 43.8 Å². The lowest BCUT2D eigenvalue weighted by Gasteiger charge is -2.14. The van der Waals surface area contributed by atoms with Crippen LogP contribution in [0.15, 0.2) is 72.9 Å². The molecule has 1 aromatic heterocycles. The number of aliphatic hydroxyl groups excluding tert-OH is 1. The molecule has 0 saturated carbocycles. The SMILES string of the molecule is C.CC(O)c1cn(-c2ccc(-c3ccc4c(c3)OCO4)cc2)c(-c2ccccc2C(F)(F)F)n1. The van der Waals surface area contributed by atoms with Crippen molar-refractivity contribution in [2.75, 3.05) is 6.79 Å². The van der Waals surface area contributed by atoms with E-state index in [-0.39, 0.29) is 31.3 Å². The van der Waals surface area contributed by atoms with Gasteiger partial charge >= 0.3 is 6.18 Å². The van der Waals surface area contributed by atoms with Crippen molar-refractivity contribution in [3.8, 4) is 39.7 Å². The Hall–Kier alpha value is -3.78. The van der Waals surface area contributed by atoms with Gasteiger partial charge in [-0.3, -0.25) is 4.57 Å². The van der Waals surface area contributed by atoms with Crippen molar-refractivity contribution in [3.05, 3.63) is 84.2 Å². The molecule has 3 aromatic carbocycles. The number of nitrogens with zero attached hydrogens (tertiary/aromatic N) is 2. The molecule has 0 radical (unpaired) electrons. The van der Waals surface area contributed by atoms with Gasteiger partial charge in [0.05, 0.1) is 17.4 Å². The molecule has 1 N–H and O–H groups in total. The normalized spacial score (nSPS) is 13.4. The van der Waals surface area contributed by atoms with Crippen LogP contribution in [0.5, 0.6) is 11.5 Å². The van der Waals surface area contributed by atoms with Crippen LogP contribution in [0.3, 0.4) is 0 Å². The van der Waals surface area contributed by atoms with Crippen LogP contribution in [-0.2, 0) is 6.18 Å². The van der Waals surface area contributed by atoms with E-state index in [2.05, 4.69) is 4.98 Å². The third-order valence-corrected chi connectivity index (χ3v) is 5.48. The second-order valence-electron chi connectivity index (χ2n) is 7.69. The zero-order valence-electron chi connectivity index (χ0n) is 17.5. The average molecular weight is 468 g/mol. The third kappa shape index (κ3) is 4.24. The molecule has 0 amide bonds. The van der Waals surface area contributed by atoms with E-state index in [1.807, 2.05) is 30.3 Å². The zero-order chi connectivity index (χ0) is 23.2. The fourth-order valence-corrected chi connectivity index (χ4v) is 3.80. The number of alkyl halides is 3. The van der Waals surface area contributed by atoms with Crippen molar-refractivity contribution in [2.24, 2.45) is 0 Å². The molecular weight excluding hydrogens is 445 g/mol. The Balaban J connectivity index is 0.00000274. The molecule has 1 unspecified atom stereocenters. The lowest BCUT2D eigenvalue weighted by Crippen LogP contribution is -2.09. The van der Waals surface area contributed by atoms with Gasteiger partial charge in [-0.15, -0.1) is 0 Å². The summed E-state index contributed by atoms with van der Waals surface area (Å²) in [5.41, 5.74) is 1.88. The number of hydrogen-bond acceptors (Lipinski definition) is 4. The topological polar surface area (TPSA) is 56.5 Å². The number of imidazole rings is 1. The van der Waals surface area contributed by atoms with E-state index in [1.54, 1.807) is 22.9 Å². The molecule has 4 aromatic rings. The number of benzene rings is 3. The molecule has 1 aliphatic rings. The van der Waals surface area contributed by atoms with Gasteiger partial charge in [-0.05, 0) is 48.4 Å². The molecule has 0 aliphatic carbocycles. The molecule has 1 atom stereocenters. The number of fused-ring (bicyclic) bond motifs is 1. The van der Waals surface area contributed by atoms with Gasteiger partial charge in [0.25, 0.3) is 0 Å². The number of ether oxygens (including phenoxy) is 2. The summed E-state index contributed by atoms with van der Waals surface area (Å²) in [6, 6.07) is 18.3. The van der Waals surface area contributed by atoms with Crippen LogP contribution in [0.25, 0.3) is 28.2 Å². The van der Waals surface area contributed by atoms with Crippen molar-refractivity contribution in [3.63, 3.8) is 0 Å². The Kier molecular flexibility index (Phi) is 6.10. The smallest absolute Gasteiger partial charge is 0.417 e. The molecule has 8 heteroatoms. The van der Waals surface area contributed by atoms with Crippen LogP contribution in [0.2, 0.25) is 0 Å². The first-order valence-corrected chi connectivity index (χ1v) is 10.3. The molecule has 5 rings (SSSR count). The van der Waals surface area contributed by atoms with Crippen LogP contribution in [0.1, 0.15) is 31.7 Å². The first-order valence-electron chi connectivity index (χ1n) is 10.3. The Morgan fingerprint density at radius 2 is 1.62 bits per heavy atom. The van der Waals surface area contributed by atoms with Gasteiger partial charge in [0.1, 0.15) is 5.82 Å². The van der Waals surface area contributed by atoms with E-state index in [0.29, 0.717) is 17.2 Å². The van der Waals surface area contributed by atoms with Crippen LogP contribution >= 0.6 is 0 Å². The fraction of sp³-hybridized carbons (Fsp3) is 0.192. The predicted octanol–water partition coefficient (Wildman–Crippen LogP) is 6.64. The molecule has 2 heterocycles. The van der Waals surface area contributed by atoms with Gasteiger partial charge in [0.15, 0.2) is 11.5 Å². The number of rotatable bonds is 4. The monoisotopic (exact) mass is 468 g/mol. The molecule has 0 spiro atoms. The Bertz CT molecular complexity index is 1310. The lowest BCUT2D eigenvalue weighted by atomic mass is 10.0. The highest BCUT2D eigenvalue weighted by Gasteiger charge is 2.34. The van der Waals surface area contributed by atoms with Crippen molar-refractivity contribution in [2.45, 2.75) is 26.6 Å². The van der Waals surface area contributed by atoms with E-state index < -0.39 is 17.8 Å². The Labute approximate surface area is 195 Å². The maximum atomic E-state index is 13.7. The number of aromatic nitrogens is 2. The average Bonchev–Trinajstić information content (AvgIpc) is 3.45. The molecule has 1 aliphatic heterocycles. The summed E-state index contributed by atoms with van der Waals surface area (Å²) < 4.78 is 53.3. The minimum absolute atomic E-state index is 0. The Morgan fingerprint density at radius 3 is 2.32 bits per heavy atom. The van der Waals surface area contributed by atoms with E-state index >= 15 is 0 Å². The maximum Gasteiger partial charge on any atom is 0.417 e. The summed E-state index contributed by atoms with van der Waals surface area (Å²) in [5.74, 6) is 1.46. The van der Waals surface area contributed by atoms with Crippen LogP contribution in [-0.4, -0.2) is 21.5 Å². The zero-order valence-corrected chi connectivity index (χ0v) is 17.5. The predicted molar refractivity (Wildman–Crippen MR) is 123 cm³/mol. The highest BCUT2D eigenvalue weighted by molar-refractivity contribution is 5.70. The molecular formula is C26H23F3N2O3.